The predicted octanol–water partition coefficient (Wildman–Crippen LogP) is 2.84. The summed E-state index contributed by atoms with van der Waals surface area (Å²) in [6.45, 7) is 9.61. The Hall–Kier alpha value is -1.55. The third kappa shape index (κ3) is 4.01. The lowest BCUT2D eigenvalue weighted by molar-refractivity contribution is -0.139. The Labute approximate surface area is 133 Å². The maximum absolute atomic E-state index is 12.5. The van der Waals surface area contributed by atoms with Crippen LogP contribution in [0.5, 0.6) is 5.75 Å². The van der Waals surface area contributed by atoms with E-state index in [0.717, 1.165) is 42.8 Å². The first-order valence-corrected chi connectivity index (χ1v) is 8.20. The van der Waals surface area contributed by atoms with Crippen LogP contribution in [-0.4, -0.2) is 36.0 Å². The largest absolute Gasteiger partial charge is 0.481 e. The van der Waals surface area contributed by atoms with Crippen LogP contribution in [0.3, 0.4) is 0 Å². The van der Waals surface area contributed by atoms with E-state index in [1.807, 2.05) is 24.8 Å². The Balaban J connectivity index is 2.06. The van der Waals surface area contributed by atoms with Crippen molar-refractivity contribution in [3.63, 3.8) is 0 Å². The van der Waals surface area contributed by atoms with Crippen LogP contribution in [0.2, 0.25) is 0 Å². The van der Waals surface area contributed by atoms with Gasteiger partial charge in [-0.25, -0.2) is 0 Å². The van der Waals surface area contributed by atoms with Gasteiger partial charge in [0.2, 0.25) is 0 Å². The number of amides is 1. The molecule has 1 unspecified atom stereocenters. The zero-order valence-corrected chi connectivity index (χ0v) is 14.1. The van der Waals surface area contributed by atoms with Crippen molar-refractivity contribution in [2.75, 3.05) is 13.1 Å². The van der Waals surface area contributed by atoms with Gasteiger partial charge in [-0.1, -0.05) is 26.0 Å². The third-order valence-corrected chi connectivity index (χ3v) is 4.29. The molecular formula is C18H28N2O2. The first kappa shape index (κ1) is 16.8. The molecule has 2 N–H and O–H groups in total. The van der Waals surface area contributed by atoms with Gasteiger partial charge in [-0.2, -0.15) is 0 Å². The van der Waals surface area contributed by atoms with Gasteiger partial charge in [0, 0.05) is 19.1 Å². The van der Waals surface area contributed by atoms with Gasteiger partial charge in [-0.15, -0.1) is 0 Å². The Bertz CT molecular complexity index is 520. The summed E-state index contributed by atoms with van der Waals surface area (Å²) in [6.07, 6.45) is 1.29. The Morgan fingerprint density at radius 3 is 2.50 bits per heavy atom. The Morgan fingerprint density at radius 1 is 1.27 bits per heavy atom. The molecule has 4 heteroatoms. The van der Waals surface area contributed by atoms with Crippen molar-refractivity contribution in [2.45, 2.75) is 58.6 Å². The molecule has 22 heavy (non-hydrogen) atoms. The second-order valence-electron chi connectivity index (χ2n) is 6.62. The molecule has 1 heterocycles. The van der Waals surface area contributed by atoms with Gasteiger partial charge in [0.25, 0.3) is 5.91 Å². The number of aryl methyl sites for hydroxylation is 1. The van der Waals surface area contributed by atoms with Crippen LogP contribution < -0.4 is 10.5 Å². The van der Waals surface area contributed by atoms with Crippen molar-refractivity contribution in [1.82, 2.24) is 4.90 Å². The van der Waals surface area contributed by atoms with Crippen molar-refractivity contribution in [1.29, 1.82) is 0 Å². The van der Waals surface area contributed by atoms with Crippen LogP contribution in [0.1, 0.15) is 50.7 Å². The van der Waals surface area contributed by atoms with Crippen LogP contribution in [-0.2, 0) is 4.79 Å². The fourth-order valence-electron chi connectivity index (χ4n) is 2.84. The number of rotatable bonds is 4. The number of nitrogens with zero attached hydrogens (tertiary/aromatic N) is 1. The zero-order valence-electron chi connectivity index (χ0n) is 14.1. The molecular weight excluding hydrogens is 276 g/mol. The minimum absolute atomic E-state index is 0.0584. The highest BCUT2D eigenvalue weighted by Crippen LogP contribution is 2.28. The first-order chi connectivity index (χ1) is 10.4. The number of carbonyl (C=O) groups excluding carboxylic acids is 1. The van der Waals surface area contributed by atoms with E-state index < -0.39 is 6.10 Å². The highest BCUT2D eigenvalue weighted by atomic mass is 16.5. The lowest BCUT2D eigenvalue weighted by atomic mass is 10.0. The van der Waals surface area contributed by atoms with E-state index in [1.54, 1.807) is 0 Å². The van der Waals surface area contributed by atoms with Gasteiger partial charge in [0.1, 0.15) is 5.75 Å². The molecule has 1 aromatic rings. The molecule has 0 aromatic heterocycles. The predicted molar refractivity (Wildman–Crippen MR) is 89.1 cm³/mol. The van der Waals surface area contributed by atoms with Crippen molar-refractivity contribution in [3.8, 4) is 5.75 Å². The molecule has 0 saturated carbocycles. The minimum atomic E-state index is -0.464. The normalized spacial score (nSPS) is 17.6. The van der Waals surface area contributed by atoms with E-state index >= 15 is 0 Å². The summed E-state index contributed by atoms with van der Waals surface area (Å²) in [5.41, 5.74) is 8.18. The molecule has 1 saturated heterocycles. The lowest BCUT2D eigenvalue weighted by Crippen LogP contribution is -2.47. The SMILES string of the molecule is Cc1ccc(C(C)C)c(OC(C)C(=O)N2CCC(N)CC2)c1. The zero-order chi connectivity index (χ0) is 16.3. The fourth-order valence-corrected chi connectivity index (χ4v) is 2.84. The second kappa shape index (κ2) is 7.14. The number of piperidine rings is 1. The molecule has 122 valence electrons. The summed E-state index contributed by atoms with van der Waals surface area (Å²) < 4.78 is 6.01. The van der Waals surface area contributed by atoms with Crippen LogP contribution >= 0.6 is 0 Å². The molecule has 1 aromatic carbocycles. The summed E-state index contributed by atoms with van der Waals surface area (Å²) >= 11 is 0. The lowest BCUT2D eigenvalue weighted by Gasteiger charge is -2.32. The number of carbonyl (C=O) groups is 1. The van der Waals surface area contributed by atoms with Crippen LogP contribution in [0.4, 0.5) is 0 Å². The average Bonchev–Trinajstić information content (AvgIpc) is 2.47. The van der Waals surface area contributed by atoms with Gasteiger partial charge in [-0.3, -0.25) is 4.79 Å². The average molecular weight is 304 g/mol. The molecule has 1 atom stereocenters. The van der Waals surface area contributed by atoms with E-state index in [0.29, 0.717) is 5.92 Å². The fraction of sp³-hybridized carbons (Fsp3) is 0.611. The number of likely N-dealkylation sites (tertiary alicyclic amines) is 1. The molecule has 1 aliphatic heterocycles. The third-order valence-electron chi connectivity index (χ3n) is 4.29. The van der Waals surface area contributed by atoms with Crippen LogP contribution in [0.25, 0.3) is 0 Å². The van der Waals surface area contributed by atoms with E-state index in [1.165, 1.54) is 0 Å². The molecule has 0 bridgehead atoms. The van der Waals surface area contributed by atoms with Gasteiger partial charge >= 0.3 is 0 Å². The van der Waals surface area contributed by atoms with E-state index in [9.17, 15) is 4.79 Å². The van der Waals surface area contributed by atoms with Crippen LogP contribution in [0.15, 0.2) is 18.2 Å². The molecule has 1 aliphatic rings. The van der Waals surface area contributed by atoms with E-state index in [-0.39, 0.29) is 11.9 Å². The van der Waals surface area contributed by atoms with Crippen molar-refractivity contribution < 1.29 is 9.53 Å². The summed E-state index contributed by atoms with van der Waals surface area (Å²) in [5.74, 6) is 1.25. The summed E-state index contributed by atoms with van der Waals surface area (Å²) in [7, 11) is 0. The topological polar surface area (TPSA) is 55.6 Å². The molecule has 1 amide bonds. The first-order valence-electron chi connectivity index (χ1n) is 8.20. The highest BCUT2D eigenvalue weighted by Gasteiger charge is 2.26. The highest BCUT2D eigenvalue weighted by molar-refractivity contribution is 5.81. The quantitative estimate of drug-likeness (QED) is 0.930. The Morgan fingerprint density at radius 2 is 1.91 bits per heavy atom. The number of hydrogen-bond acceptors (Lipinski definition) is 3. The molecule has 2 rings (SSSR count). The van der Waals surface area contributed by atoms with E-state index in [4.69, 9.17) is 10.5 Å². The number of ether oxygens (including phenoxy) is 1. The summed E-state index contributed by atoms with van der Waals surface area (Å²) in [4.78, 5) is 14.4. The van der Waals surface area contributed by atoms with Crippen molar-refractivity contribution in [2.24, 2.45) is 5.73 Å². The smallest absolute Gasteiger partial charge is 0.263 e. The molecule has 0 spiro atoms. The van der Waals surface area contributed by atoms with Crippen LogP contribution in [0, 0.1) is 6.92 Å². The monoisotopic (exact) mass is 304 g/mol. The van der Waals surface area contributed by atoms with Gasteiger partial charge < -0.3 is 15.4 Å². The minimum Gasteiger partial charge on any atom is -0.481 e. The maximum atomic E-state index is 12.5. The second-order valence-corrected chi connectivity index (χ2v) is 6.62. The summed E-state index contributed by atoms with van der Waals surface area (Å²) in [6, 6.07) is 6.42. The standard InChI is InChI=1S/C18H28N2O2/c1-12(2)16-6-5-13(3)11-17(16)22-14(4)18(21)20-9-7-15(19)8-10-20/h5-6,11-12,14-15H,7-10,19H2,1-4H3. The van der Waals surface area contributed by atoms with Gasteiger partial charge in [-0.05, 0) is 49.8 Å². The Kier molecular flexibility index (Phi) is 5.46. The molecule has 0 radical (unpaired) electrons. The van der Waals surface area contributed by atoms with E-state index in [2.05, 4.69) is 26.0 Å². The van der Waals surface area contributed by atoms with Crippen molar-refractivity contribution >= 4 is 5.91 Å². The summed E-state index contributed by atoms with van der Waals surface area (Å²) in [5, 5.41) is 0. The van der Waals surface area contributed by atoms with Gasteiger partial charge in [0.15, 0.2) is 6.10 Å². The maximum Gasteiger partial charge on any atom is 0.263 e. The molecule has 0 aliphatic carbocycles. The number of benzene rings is 1. The van der Waals surface area contributed by atoms with Gasteiger partial charge in [0.05, 0.1) is 0 Å². The molecule has 4 nitrogen and oxygen atoms in total. The molecule has 1 fully saturated rings. The number of hydrogen-bond donors (Lipinski definition) is 1. The number of nitrogens with two attached hydrogens (primary N) is 1. The van der Waals surface area contributed by atoms with Crippen molar-refractivity contribution in [3.05, 3.63) is 29.3 Å².